The molecule has 1 aliphatic heterocycles. The molecule has 0 saturated carbocycles. The van der Waals surface area contributed by atoms with Crippen LogP contribution >= 0.6 is 0 Å². The summed E-state index contributed by atoms with van der Waals surface area (Å²) in [5.74, 6) is 1.30. The Balaban J connectivity index is 1.70. The van der Waals surface area contributed by atoms with Gasteiger partial charge in [-0.1, -0.05) is 49.1 Å². The third-order valence-electron chi connectivity index (χ3n) is 5.17. The molecule has 8 heteroatoms. The molecule has 1 aliphatic rings. The van der Waals surface area contributed by atoms with Crippen molar-refractivity contribution in [3.05, 3.63) is 89.9 Å². The van der Waals surface area contributed by atoms with Crippen molar-refractivity contribution in [2.24, 2.45) is 0 Å². The minimum absolute atomic E-state index is 0.114. The van der Waals surface area contributed by atoms with E-state index in [1.54, 1.807) is 4.68 Å². The molecular weight excluding hydrogens is 420 g/mol. The molecule has 1 N–H and O–H groups in total. The fourth-order valence-electron chi connectivity index (χ4n) is 3.69. The van der Waals surface area contributed by atoms with Gasteiger partial charge in [-0.3, -0.25) is 0 Å². The number of allylic oxidation sites excluding steroid dienone is 1. The first-order valence-electron chi connectivity index (χ1n) is 10.7. The third kappa shape index (κ3) is 4.74. The lowest BCUT2D eigenvalue weighted by molar-refractivity contribution is -0.138. The average Bonchev–Trinajstić information content (AvgIpc) is 3.29. The summed E-state index contributed by atoms with van der Waals surface area (Å²) in [6.07, 6.45) is 2.98. The third-order valence-corrected chi connectivity index (χ3v) is 5.17. The molecule has 8 nitrogen and oxygen atoms in total. The molecule has 0 fully saturated rings. The molecule has 2 heterocycles. The van der Waals surface area contributed by atoms with Gasteiger partial charge >= 0.3 is 5.97 Å². The molecule has 170 valence electrons. The highest BCUT2D eigenvalue weighted by Crippen LogP contribution is 2.39. The number of aromatic nitrogens is 3. The van der Waals surface area contributed by atoms with Crippen LogP contribution in [0.1, 0.15) is 31.0 Å². The molecule has 1 aromatic heterocycles. The summed E-state index contributed by atoms with van der Waals surface area (Å²) in [4.78, 5) is 17.2. The first-order chi connectivity index (χ1) is 16.1. The zero-order valence-electron chi connectivity index (χ0n) is 18.7. The first kappa shape index (κ1) is 22.1. The van der Waals surface area contributed by atoms with Crippen LogP contribution in [0.3, 0.4) is 0 Å². The summed E-state index contributed by atoms with van der Waals surface area (Å²) in [5.41, 5.74) is 2.94. The van der Waals surface area contributed by atoms with E-state index in [1.807, 2.05) is 62.4 Å². The van der Waals surface area contributed by atoms with E-state index < -0.39 is 12.0 Å². The minimum atomic E-state index is -0.538. The van der Waals surface area contributed by atoms with Crippen LogP contribution in [-0.4, -0.2) is 33.9 Å². The number of ether oxygens (including phenoxy) is 3. The fraction of sp³-hybridized carbons (Fsp3) is 0.240. The van der Waals surface area contributed by atoms with Gasteiger partial charge in [0, 0.05) is 5.70 Å². The Hall–Kier alpha value is -4.07. The van der Waals surface area contributed by atoms with Gasteiger partial charge < -0.3 is 19.5 Å². The van der Waals surface area contributed by atoms with Crippen molar-refractivity contribution in [2.45, 2.75) is 26.5 Å². The second-order valence-corrected chi connectivity index (χ2v) is 7.40. The van der Waals surface area contributed by atoms with Gasteiger partial charge in [0.25, 0.3) is 0 Å². The highest BCUT2D eigenvalue weighted by molar-refractivity contribution is 5.92. The van der Waals surface area contributed by atoms with E-state index >= 15 is 0 Å². The normalized spacial score (nSPS) is 14.8. The van der Waals surface area contributed by atoms with Crippen LogP contribution in [0.5, 0.6) is 11.5 Å². The standard InChI is InChI=1S/C25H26N4O4/c1-4-13-32-24(30)22-17(3)28-25-26-16-27-29(25)23(22)19-11-12-20(21(14-19)31-5-2)33-15-18-9-7-6-8-10-18/h4,6-12,14,16,23H,1,5,13,15H2,2-3H3,(H,26,27,28). The van der Waals surface area contributed by atoms with Crippen molar-refractivity contribution in [2.75, 3.05) is 18.5 Å². The van der Waals surface area contributed by atoms with Crippen molar-refractivity contribution in [3.8, 4) is 11.5 Å². The zero-order chi connectivity index (χ0) is 23.2. The topological polar surface area (TPSA) is 87.5 Å². The molecular formula is C25H26N4O4. The number of nitrogens with one attached hydrogen (secondary N) is 1. The van der Waals surface area contributed by atoms with Crippen LogP contribution in [-0.2, 0) is 16.1 Å². The van der Waals surface area contributed by atoms with E-state index in [2.05, 4.69) is 22.0 Å². The Morgan fingerprint density at radius 1 is 1.18 bits per heavy atom. The highest BCUT2D eigenvalue weighted by atomic mass is 16.5. The van der Waals surface area contributed by atoms with Gasteiger partial charge in [-0.15, -0.1) is 0 Å². The van der Waals surface area contributed by atoms with E-state index in [1.165, 1.54) is 12.4 Å². The largest absolute Gasteiger partial charge is 0.490 e. The maximum atomic E-state index is 12.9. The van der Waals surface area contributed by atoms with Gasteiger partial charge in [0.15, 0.2) is 11.5 Å². The lowest BCUT2D eigenvalue weighted by Crippen LogP contribution is -2.29. The van der Waals surface area contributed by atoms with Gasteiger partial charge in [0.2, 0.25) is 5.95 Å². The molecule has 0 aliphatic carbocycles. The Kier molecular flexibility index (Phi) is 6.73. The number of rotatable bonds is 9. The molecule has 4 rings (SSSR count). The van der Waals surface area contributed by atoms with Crippen molar-refractivity contribution < 1.29 is 19.0 Å². The van der Waals surface area contributed by atoms with E-state index in [-0.39, 0.29) is 6.61 Å². The highest BCUT2D eigenvalue weighted by Gasteiger charge is 2.34. The quantitative estimate of drug-likeness (QED) is 0.388. The van der Waals surface area contributed by atoms with Crippen molar-refractivity contribution in [3.63, 3.8) is 0 Å². The summed E-state index contributed by atoms with van der Waals surface area (Å²) in [5, 5.41) is 7.47. The monoisotopic (exact) mass is 446 g/mol. The van der Waals surface area contributed by atoms with Gasteiger partial charge in [-0.25, -0.2) is 9.48 Å². The van der Waals surface area contributed by atoms with Crippen LogP contribution in [0, 0.1) is 0 Å². The number of carbonyl (C=O) groups excluding carboxylic acids is 1. The predicted molar refractivity (Wildman–Crippen MR) is 124 cm³/mol. The Morgan fingerprint density at radius 3 is 2.76 bits per heavy atom. The number of hydrogen-bond acceptors (Lipinski definition) is 7. The summed E-state index contributed by atoms with van der Waals surface area (Å²) < 4.78 is 18.9. The Bertz CT molecular complexity index is 1170. The average molecular weight is 447 g/mol. The first-order valence-corrected chi connectivity index (χ1v) is 10.7. The number of esters is 1. The predicted octanol–water partition coefficient (Wildman–Crippen LogP) is 4.27. The number of fused-ring (bicyclic) bond motifs is 1. The van der Waals surface area contributed by atoms with E-state index in [4.69, 9.17) is 14.2 Å². The molecule has 0 amide bonds. The number of nitrogens with zero attached hydrogens (tertiary/aromatic N) is 3. The summed E-state index contributed by atoms with van der Waals surface area (Å²) in [6.45, 7) is 8.34. The Morgan fingerprint density at radius 2 is 2.00 bits per heavy atom. The van der Waals surface area contributed by atoms with Gasteiger partial charge in [-0.2, -0.15) is 10.1 Å². The van der Waals surface area contributed by atoms with Gasteiger partial charge in [-0.05, 0) is 37.1 Å². The molecule has 2 aromatic carbocycles. The molecule has 3 aromatic rings. The maximum absolute atomic E-state index is 12.9. The minimum Gasteiger partial charge on any atom is -0.490 e. The second-order valence-electron chi connectivity index (χ2n) is 7.40. The smallest absolute Gasteiger partial charge is 0.338 e. The molecule has 0 spiro atoms. The van der Waals surface area contributed by atoms with Crippen molar-refractivity contribution in [1.29, 1.82) is 0 Å². The summed E-state index contributed by atoms with van der Waals surface area (Å²) in [6, 6.07) is 15.0. The number of benzene rings is 2. The van der Waals surface area contributed by atoms with Crippen molar-refractivity contribution in [1.82, 2.24) is 14.8 Å². The molecule has 0 saturated heterocycles. The van der Waals surface area contributed by atoms with E-state index in [0.717, 1.165) is 11.1 Å². The second kappa shape index (κ2) is 10.0. The van der Waals surface area contributed by atoms with Crippen LogP contribution < -0.4 is 14.8 Å². The van der Waals surface area contributed by atoms with E-state index in [9.17, 15) is 4.79 Å². The van der Waals surface area contributed by atoms with Gasteiger partial charge in [0.1, 0.15) is 25.6 Å². The van der Waals surface area contributed by atoms with E-state index in [0.29, 0.717) is 41.9 Å². The maximum Gasteiger partial charge on any atom is 0.338 e. The fourth-order valence-corrected chi connectivity index (χ4v) is 3.69. The van der Waals surface area contributed by atoms with Crippen LogP contribution in [0.2, 0.25) is 0 Å². The van der Waals surface area contributed by atoms with Crippen LogP contribution in [0.4, 0.5) is 5.95 Å². The van der Waals surface area contributed by atoms with Crippen LogP contribution in [0.15, 0.2) is 78.8 Å². The Labute approximate surface area is 192 Å². The van der Waals surface area contributed by atoms with Gasteiger partial charge in [0.05, 0.1) is 12.2 Å². The van der Waals surface area contributed by atoms with Crippen LogP contribution in [0.25, 0.3) is 0 Å². The number of anilines is 1. The molecule has 0 radical (unpaired) electrons. The number of carbonyl (C=O) groups is 1. The zero-order valence-corrected chi connectivity index (χ0v) is 18.7. The SMILES string of the molecule is C=CCOC(=O)C1=C(C)Nc2ncnn2C1c1ccc(OCc2ccccc2)c(OCC)c1. The molecule has 0 bridgehead atoms. The summed E-state index contributed by atoms with van der Waals surface area (Å²) >= 11 is 0. The van der Waals surface area contributed by atoms with Crippen molar-refractivity contribution >= 4 is 11.9 Å². The molecule has 1 atom stereocenters. The molecule has 33 heavy (non-hydrogen) atoms. The lowest BCUT2D eigenvalue weighted by atomic mass is 9.95. The number of hydrogen-bond donors (Lipinski definition) is 1. The molecule has 1 unspecified atom stereocenters. The lowest BCUT2D eigenvalue weighted by Gasteiger charge is -2.28. The summed E-state index contributed by atoms with van der Waals surface area (Å²) in [7, 11) is 0.